The van der Waals surface area contributed by atoms with Gasteiger partial charge in [-0.15, -0.1) is 0 Å². The quantitative estimate of drug-likeness (QED) is 0.443. The number of hydrogen-bond acceptors (Lipinski definition) is 4. The minimum atomic E-state index is -4.41. The SMILES string of the molecule is C[C@H](NC(=O)C1CC1c1ccccc1OCc1ccccc1)c1ccc(OCC(F)(F)F)cn1. The summed E-state index contributed by atoms with van der Waals surface area (Å²) in [7, 11) is 0. The molecule has 0 saturated heterocycles. The molecule has 1 saturated carbocycles. The zero-order valence-corrected chi connectivity index (χ0v) is 18.6. The lowest BCUT2D eigenvalue weighted by atomic mass is 10.1. The van der Waals surface area contributed by atoms with Gasteiger partial charge in [0.1, 0.15) is 18.1 Å². The summed E-state index contributed by atoms with van der Waals surface area (Å²) >= 11 is 0. The summed E-state index contributed by atoms with van der Waals surface area (Å²) in [6, 6.07) is 20.2. The van der Waals surface area contributed by atoms with Crippen molar-refractivity contribution in [3.05, 3.63) is 89.7 Å². The third kappa shape index (κ3) is 6.27. The fraction of sp³-hybridized carbons (Fsp3) is 0.308. The highest BCUT2D eigenvalue weighted by atomic mass is 19.4. The number of para-hydroxylation sites is 1. The lowest BCUT2D eigenvalue weighted by Gasteiger charge is -2.15. The van der Waals surface area contributed by atoms with Crippen LogP contribution >= 0.6 is 0 Å². The van der Waals surface area contributed by atoms with Crippen LogP contribution in [0.1, 0.15) is 42.1 Å². The second-order valence-corrected chi connectivity index (χ2v) is 8.31. The van der Waals surface area contributed by atoms with Crippen molar-refractivity contribution in [3.63, 3.8) is 0 Å². The number of alkyl halides is 3. The van der Waals surface area contributed by atoms with E-state index in [-0.39, 0.29) is 23.5 Å². The van der Waals surface area contributed by atoms with Gasteiger partial charge in [-0.1, -0.05) is 48.5 Å². The molecule has 2 aromatic carbocycles. The summed E-state index contributed by atoms with van der Waals surface area (Å²) in [5, 5.41) is 2.95. The Morgan fingerprint density at radius 1 is 1.06 bits per heavy atom. The predicted octanol–water partition coefficient (Wildman–Crippen LogP) is 5.58. The van der Waals surface area contributed by atoms with E-state index in [0.29, 0.717) is 12.3 Å². The number of rotatable bonds is 9. The molecule has 1 aliphatic rings. The zero-order valence-electron chi connectivity index (χ0n) is 18.6. The normalized spacial score (nSPS) is 18.1. The van der Waals surface area contributed by atoms with Crippen LogP contribution in [-0.4, -0.2) is 23.7 Å². The van der Waals surface area contributed by atoms with E-state index in [1.165, 1.54) is 12.3 Å². The summed E-state index contributed by atoms with van der Waals surface area (Å²) in [6.07, 6.45) is -2.46. The van der Waals surface area contributed by atoms with E-state index in [9.17, 15) is 18.0 Å². The molecular weight excluding hydrogens is 445 g/mol. The van der Waals surface area contributed by atoms with Crippen molar-refractivity contribution in [3.8, 4) is 11.5 Å². The number of carbonyl (C=O) groups excluding carboxylic acids is 1. The van der Waals surface area contributed by atoms with Crippen molar-refractivity contribution in [2.24, 2.45) is 5.92 Å². The molecule has 1 amide bonds. The van der Waals surface area contributed by atoms with Crippen molar-refractivity contribution >= 4 is 5.91 Å². The molecule has 3 atom stereocenters. The number of ether oxygens (including phenoxy) is 2. The second-order valence-electron chi connectivity index (χ2n) is 8.31. The number of aromatic nitrogens is 1. The monoisotopic (exact) mass is 470 g/mol. The smallest absolute Gasteiger partial charge is 0.422 e. The summed E-state index contributed by atoms with van der Waals surface area (Å²) < 4.78 is 47.5. The number of halogens is 3. The van der Waals surface area contributed by atoms with Crippen LogP contribution < -0.4 is 14.8 Å². The number of benzene rings is 2. The van der Waals surface area contributed by atoms with Crippen LogP contribution in [0.4, 0.5) is 13.2 Å². The molecule has 1 N–H and O–H groups in total. The Hall–Kier alpha value is -3.55. The van der Waals surface area contributed by atoms with Crippen LogP contribution in [0, 0.1) is 5.92 Å². The van der Waals surface area contributed by atoms with Crippen molar-refractivity contribution < 1.29 is 27.4 Å². The van der Waals surface area contributed by atoms with Crippen LogP contribution in [0.3, 0.4) is 0 Å². The molecule has 1 aromatic heterocycles. The maximum Gasteiger partial charge on any atom is 0.422 e. The van der Waals surface area contributed by atoms with E-state index in [4.69, 9.17) is 4.74 Å². The maximum absolute atomic E-state index is 12.8. The first-order valence-corrected chi connectivity index (χ1v) is 11.0. The van der Waals surface area contributed by atoms with Gasteiger partial charge in [-0.25, -0.2) is 0 Å². The summed E-state index contributed by atoms with van der Waals surface area (Å²) in [4.78, 5) is 16.9. The molecule has 2 unspecified atom stereocenters. The van der Waals surface area contributed by atoms with Gasteiger partial charge in [-0.05, 0) is 48.6 Å². The van der Waals surface area contributed by atoms with Crippen LogP contribution in [0.2, 0.25) is 0 Å². The zero-order chi connectivity index (χ0) is 24.1. The molecule has 0 aliphatic heterocycles. The van der Waals surface area contributed by atoms with Crippen molar-refractivity contribution in [1.82, 2.24) is 10.3 Å². The van der Waals surface area contributed by atoms with Gasteiger partial charge in [0, 0.05) is 5.92 Å². The number of nitrogens with zero attached hydrogens (tertiary/aromatic N) is 1. The van der Waals surface area contributed by atoms with Crippen LogP contribution in [0.25, 0.3) is 0 Å². The molecular formula is C26H25F3N2O3. The molecule has 8 heteroatoms. The fourth-order valence-corrected chi connectivity index (χ4v) is 3.77. The molecule has 0 spiro atoms. The Labute approximate surface area is 195 Å². The van der Waals surface area contributed by atoms with E-state index in [0.717, 1.165) is 23.3 Å². The van der Waals surface area contributed by atoms with Gasteiger partial charge in [0.2, 0.25) is 5.91 Å². The number of carbonyl (C=O) groups is 1. The van der Waals surface area contributed by atoms with Crippen LogP contribution in [0.15, 0.2) is 72.9 Å². The Kier molecular flexibility index (Phi) is 7.05. The predicted molar refractivity (Wildman–Crippen MR) is 120 cm³/mol. The van der Waals surface area contributed by atoms with Crippen LogP contribution in [-0.2, 0) is 11.4 Å². The summed E-state index contributed by atoms with van der Waals surface area (Å²) in [5.41, 5.74) is 2.62. The molecule has 0 radical (unpaired) electrons. The van der Waals surface area contributed by atoms with Gasteiger partial charge >= 0.3 is 6.18 Å². The number of nitrogens with one attached hydrogen (secondary N) is 1. The van der Waals surface area contributed by atoms with E-state index < -0.39 is 18.8 Å². The van der Waals surface area contributed by atoms with Crippen LogP contribution in [0.5, 0.6) is 11.5 Å². The molecule has 34 heavy (non-hydrogen) atoms. The maximum atomic E-state index is 12.8. The van der Waals surface area contributed by atoms with E-state index in [1.54, 1.807) is 13.0 Å². The van der Waals surface area contributed by atoms with Gasteiger partial charge in [-0.3, -0.25) is 9.78 Å². The molecule has 0 bridgehead atoms. The molecule has 5 nitrogen and oxygen atoms in total. The van der Waals surface area contributed by atoms with Gasteiger partial charge in [-0.2, -0.15) is 13.2 Å². The topological polar surface area (TPSA) is 60.5 Å². The molecule has 4 rings (SSSR count). The van der Waals surface area contributed by atoms with E-state index in [2.05, 4.69) is 15.0 Å². The Bertz CT molecular complexity index is 1100. The molecule has 3 aromatic rings. The number of amides is 1. The summed E-state index contributed by atoms with van der Waals surface area (Å²) in [5.74, 6) is 0.614. The number of pyridine rings is 1. The first-order valence-electron chi connectivity index (χ1n) is 11.0. The third-order valence-corrected chi connectivity index (χ3v) is 5.65. The standard InChI is InChI=1S/C26H25F3N2O3/c1-17(23-12-11-19(14-30-23)34-16-26(27,28)29)31-25(32)22-13-21(22)20-9-5-6-10-24(20)33-15-18-7-3-2-4-8-18/h2-12,14,17,21-22H,13,15-16H2,1H3,(H,31,32)/t17-,21?,22?/m0/s1. The van der Waals surface area contributed by atoms with Gasteiger partial charge in [0.15, 0.2) is 6.61 Å². The largest absolute Gasteiger partial charge is 0.489 e. The minimum Gasteiger partial charge on any atom is -0.489 e. The Balaban J connectivity index is 1.32. The average Bonchev–Trinajstić information content (AvgIpc) is 3.63. The first kappa shape index (κ1) is 23.6. The highest BCUT2D eigenvalue weighted by Gasteiger charge is 2.45. The van der Waals surface area contributed by atoms with E-state index in [1.807, 2.05) is 54.6 Å². The minimum absolute atomic E-state index is 0.0222. The molecule has 1 heterocycles. The van der Waals surface area contributed by atoms with Gasteiger partial charge in [0.05, 0.1) is 17.9 Å². The third-order valence-electron chi connectivity index (χ3n) is 5.65. The van der Waals surface area contributed by atoms with Crippen molar-refractivity contribution in [1.29, 1.82) is 0 Å². The van der Waals surface area contributed by atoms with Crippen molar-refractivity contribution in [2.75, 3.05) is 6.61 Å². The lowest BCUT2D eigenvalue weighted by molar-refractivity contribution is -0.153. The molecule has 178 valence electrons. The Morgan fingerprint density at radius 2 is 1.79 bits per heavy atom. The van der Waals surface area contributed by atoms with Crippen molar-refractivity contribution in [2.45, 2.75) is 38.1 Å². The van der Waals surface area contributed by atoms with Gasteiger partial charge < -0.3 is 14.8 Å². The average molecular weight is 470 g/mol. The highest BCUT2D eigenvalue weighted by Crippen LogP contribution is 2.50. The first-order chi connectivity index (χ1) is 16.3. The molecule has 1 aliphatic carbocycles. The highest BCUT2D eigenvalue weighted by molar-refractivity contribution is 5.83. The fourth-order valence-electron chi connectivity index (χ4n) is 3.77. The lowest BCUT2D eigenvalue weighted by Crippen LogP contribution is -2.29. The molecule has 1 fully saturated rings. The number of hydrogen-bond donors (Lipinski definition) is 1. The second kappa shape index (κ2) is 10.2. The Morgan fingerprint density at radius 3 is 2.50 bits per heavy atom. The van der Waals surface area contributed by atoms with Gasteiger partial charge in [0.25, 0.3) is 0 Å². The summed E-state index contributed by atoms with van der Waals surface area (Å²) in [6.45, 7) is 0.859. The van der Waals surface area contributed by atoms with E-state index >= 15 is 0 Å².